The van der Waals surface area contributed by atoms with Crippen molar-refractivity contribution in [2.75, 3.05) is 6.54 Å². The molecule has 1 rings (SSSR count). The van der Waals surface area contributed by atoms with Crippen molar-refractivity contribution in [1.82, 2.24) is 5.32 Å². The summed E-state index contributed by atoms with van der Waals surface area (Å²) in [6.07, 6.45) is 1.25. The lowest BCUT2D eigenvalue weighted by Crippen LogP contribution is -2.32. The highest BCUT2D eigenvalue weighted by Crippen LogP contribution is 2.07. The zero-order valence-electron chi connectivity index (χ0n) is 10.1. The summed E-state index contributed by atoms with van der Waals surface area (Å²) in [4.78, 5) is 22.5. The number of carbonyl (C=O) groups excluding carboxylic acids is 1. The summed E-state index contributed by atoms with van der Waals surface area (Å²) in [5.41, 5.74) is 0.317. The van der Waals surface area contributed by atoms with Gasteiger partial charge in [0.15, 0.2) is 0 Å². The van der Waals surface area contributed by atoms with E-state index in [-0.39, 0.29) is 6.54 Å². The number of halogens is 1. The van der Waals surface area contributed by atoms with E-state index in [1.807, 2.05) is 6.92 Å². The van der Waals surface area contributed by atoms with E-state index in [1.165, 1.54) is 24.3 Å². The van der Waals surface area contributed by atoms with Crippen LogP contribution in [0.4, 0.5) is 4.39 Å². The molecule has 0 spiro atoms. The summed E-state index contributed by atoms with van der Waals surface area (Å²) in [6, 6.07) is 5.10. The molecule has 0 aromatic heterocycles. The third kappa shape index (κ3) is 4.16. The molecule has 0 bridgehead atoms. The molecule has 1 atom stereocenters. The van der Waals surface area contributed by atoms with Gasteiger partial charge in [-0.15, -0.1) is 0 Å². The molecule has 1 aromatic rings. The molecule has 0 aliphatic heterocycles. The summed E-state index contributed by atoms with van der Waals surface area (Å²) >= 11 is 0. The number of carbonyl (C=O) groups is 2. The van der Waals surface area contributed by atoms with Crippen molar-refractivity contribution in [3.63, 3.8) is 0 Å². The second kappa shape index (κ2) is 6.74. The first-order valence-electron chi connectivity index (χ1n) is 5.81. The third-order valence-corrected chi connectivity index (χ3v) is 2.60. The minimum atomic E-state index is -0.920. The lowest BCUT2D eigenvalue weighted by Gasteiger charge is -2.12. The SMILES string of the molecule is CCCC(CNC(=O)c1ccc(F)cc1)C(=O)O. The number of hydrogen-bond acceptors (Lipinski definition) is 2. The third-order valence-electron chi connectivity index (χ3n) is 2.60. The van der Waals surface area contributed by atoms with Gasteiger partial charge in [-0.3, -0.25) is 9.59 Å². The molecule has 0 heterocycles. The molecule has 98 valence electrons. The Morgan fingerprint density at radius 1 is 1.33 bits per heavy atom. The number of rotatable bonds is 6. The van der Waals surface area contributed by atoms with Gasteiger partial charge in [0.05, 0.1) is 5.92 Å². The topological polar surface area (TPSA) is 66.4 Å². The first-order chi connectivity index (χ1) is 8.54. The zero-order valence-corrected chi connectivity index (χ0v) is 10.1. The largest absolute Gasteiger partial charge is 0.481 e. The second-order valence-corrected chi connectivity index (χ2v) is 4.04. The normalized spacial score (nSPS) is 11.9. The highest BCUT2D eigenvalue weighted by molar-refractivity contribution is 5.94. The number of benzene rings is 1. The predicted molar refractivity (Wildman–Crippen MR) is 64.8 cm³/mol. The maximum Gasteiger partial charge on any atom is 0.308 e. The fraction of sp³-hybridized carbons (Fsp3) is 0.385. The van der Waals surface area contributed by atoms with Crippen molar-refractivity contribution < 1.29 is 19.1 Å². The van der Waals surface area contributed by atoms with Crippen molar-refractivity contribution in [3.8, 4) is 0 Å². The molecule has 5 heteroatoms. The smallest absolute Gasteiger partial charge is 0.308 e. The van der Waals surface area contributed by atoms with Crippen LogP contribution in [0, 0.1) is 11.7 Å². The molecular weight excluding hydrogens is 237 g/mol. The van der Waals surface area contributed by atoms with Crippen LogP contribution in [0.25, 0.3) is 0 Å². The summed E-state index contributed by atoms with van der Waals surface area (Å²) in [5.74, 6) is -2.31. The van der Waals surface area contributed by atoms with Gasteiger partial charge in [-0.05, 0) is 30.7 Å². The van der Waals surface area contributed by atoms with Crippen LogP contribution < -0.4 is 5.32 Å². The van der Waals surface area contributed by atoms with Crippen LogP contribution in [0.15, 0.2) is 24.3 Å². The Kier molecular flexibility index (Phi) is 5.30. The molecule has 0 aliphatic rings. The number of carboxylic acids is 1. The summed E-state index contributed by atoms with van der Waals surface area (Å²) in [5, 5.41) is 11.5. The number of carboxylic acid groups (broad SMARTS) is 1. The van der Waals surface area contributed by atoms with Gasteiger partial charge in [-0.25, -0.2) is 4.39 Å². The Balaban J connectivity index is 2.54. The van der Waals surface area contributed by atoms with E-state index < -0.39 is 23.6 Å². The Morgan fingerprint density at radius 3 is 2.44 bits per heavy atom. The lowest BCUT2D eigenvalue weighted by molar-refractivity contribution is -0.141. The van der Waals surface area contributed by atoms with Crippen molar-refractivity contribution in [1.29, 1.82) is 0 Å². The van der Waals surface area contributed by atoms with Crippen LogP contribution in [-0.2, 0) is 4.79 Å². The maximum atomic E-state index is 12.7. The van der Waals surface area contributed by atoms with Crippen molar-refractivity contribution in [2.45, 2.75) is 19.8 Å². The molecular formula is C13H16FNO3. The van der Waals surface area contributed by atoms with Crippen molar-refractivity contribution in [2.24, 2.45) is 5.92 Å². The average molecular weight is 253 g/mol. The van der Waals surface area contributed by atoms with E-state index >= 15 is 0 Å². The minimum absolute atomic E-state index is 0.0827. The van der Waals surface area contributed by atoms with Crippen LogP contribution in [-0.4, -0.2) is 23.5 Å². The molecule has 0 aliphatic carbocycles. The monoisotopic (exact) mass is 253 g/mol. The van der Waals surface area contributed by atoms with Crippen molar-refractivity contribution in [3.05, 3.63) is 35.6 Å². The molecule has 0 fully saturated rings. The first-order valence-corrected chi connectivity index (χ1v) is 5.81. The van der Waals surface area contributed by atoms with Crippen LogP contribution in [0.3, 0.4) is 0 Å². The van der Waals surface area contributed by atoms with Gasteiger partial charge >= 0.3 is 5.97 Å². The summed E-state index contributed by atoms with van der Waals surface area (Å²) in [7, 11) is 0. The van der Waals surface area contributed by atoms with Gasteiger partial charge in [0.2, 0.25) is 0 Å². The molecule has 1 aromatic carbocycles. The Labute approximate surface area is 105 Å². The van der Waals surface area contributed by atoms with E-state index in [0.29, 0.717) is 12.0 Å². The summed E-state index contributed by atoms with van der Waals surface area (Å²) in [6.45, 7) is 1.97. The standard InChI is InChI=1S/C13H16FNO3/c1-2-3-10(13(17)18)8-15-12(16)9-4-6-11(14)7-5-9/h4-7,10H,2-3,8H2,1H3,(H,15,16)(H,17,18). The van der Waals surface area contributed by atoms with Gasteiger partial charge in [0.25, 0.3) is 5.91 Å². The van der Waals surface area contributed by atoms with Gasteiger partial charge in [0.1, 0.15) is 5.82 Å². The van der Waals surface area contributed by atoms with Crippen LogP contribution >= 0.6 is 0 Å². The predicted octanol–water partition coefficient (Wildman–Crippen LogP) is 2.06. The van der Waals surface area contributed by atoms with E-state index in [2.05, 4.69) is 5.32 Å². The molecule has 0 saturated carbocycles. The van der Waals surface area contributed by atoms with Gasteiger partial charge in [-0.2, -0.15) is 0 Å². The Bertz CT molecular complexity index is 417. The van der Waals surface area contributed by atoms with E-state index in [0.717, 1.165) is 6.42 Å². The van der Waals surface area contributed by atoms with Gasteiger partial charge in [0, 0.05) is 12.1 Å². The van der Waals surface area contributed by atoms with Gasteiger partial charge in [-0.1, -0.05) is 13.3 Å². The molecule has 18 heavy (non-hydrogen) atoms. The Morgan fingerprint density at radius 2 is 1.94 bits per heavy atom. The highest BCUT2D eigenvalue weighted by atomic mass is 19.1. The van der Waals surface area contributed by atoms with E-state index in [9.17, 15) is 14.0 Å². The van der Waals surface area contributed by atoms with Gasteiger partial charge < -0.3 is 10.4 Å². The quantitative estimate of drug-likeness (QED) is 0.815. The lowest BCUT2D eigenvalue weighted by atomic mass is 10.0. The van der Waals surface area contributed by atoms with Crippen LogP contribution in [0.2, 0.25) is 0 Å². The zero-order chi connectivity index (χ0) is 13.5. The fourth-order valence-corrected chi connectivity index (χ4v) is 1.58. The number of nitrogens with one attached hydrogen (secondary N) is 1. The average Bonchev–Trinajstić information content (AvgIpc) is 2.34. The maximum absolute atomic E-state index is 12.7. The van der Waals surface area contributed by atoms with Crippen LogP contribution in [0.1, 0.15) is 30.1 Å². The summed E-state index contributed by atoms with van der Waals surface area (Å²) < 4.78 is 12.7. The first kappa shape index (κ1) is 14.2. The Hall–Kier alpha value is -1.91. The molecule has 0 radical (unpaired) electrons. The number of amides is 1. The van der Waals surface area contributed by atoms with Crippen LogP contribution in [0.5, 0.6) is 0 Å². The highest BCUT2D eigenvalue weighted by Gasteiger charge is 2.17. The fourth-order valence-electron chi connectivity index (χ4n) is 1.58. The number of hydrogen-bond donors (Lipinski definition) is 2. The molecule has 1 unspecified atom stereocenters. The molecule has 2 N–H and O–H groups in total. The molecule has 4 nitrogen and oxygen atoms in total. The minimum Gasteiger partial charge on any atom is -0.481 e. The van der Waals surface area contributed by atoms with Crippen molar-refractivity contribution >= 4 is 11.9 Å². The number of aliphatic carboxylic acids is 1. The van der Waals surface area contributed by atoms with E-state index in [4.69, 9.17) is 5.11 Å². The van der Waals surface area contributed by atoms with E-state index in [1.54, 1.807) is 0 Å². The second-order valence-electron chi connectivity index (χ2n) is 4.04. The molecule has 0 saturated heterocycles. The molecule has 1 amide bonds.